The van der Waals surface area contributed by atoms with Crippen LogP contribution in [-0.2, 0) is 4.79 Å². The molecular formula is C12H23NO2S. The Balaban J connectivity index is 2.50. The summed E-state index contributed by atoms with van der Waals surface area (Å²) in [5, 5.41) is 12.5. The SMILES string of the molecule is CSCC(C)C(=O)NC1CCCC1(C)CO. The molecule has 0 radical (unpaired) electrons. The Hall–Kier alpha value is -0.220. The summed E-state index contributed by atoms with van der Waals surface area (Å²) in [4.78, 5) is 11.9. The number of hydrogen-bond donors (Lipinski definition) is 2. The number of carbonyl (C=O) groups excluding carboxylic acids is 1. The Morgan fingerprint density at radius 1 is 1.69 bits per heavy atom. The zero-order valence-electron chi connectivity index (χ0n) is 10.5. The Labute approximate surface area is 102 Å². The van der Waals surface area contributed by atoms with Crippen LogP contribution in [0.2, 0.25) is 0 Å². The molecule has 16 heavy (non-hydrogen) atoms. The zero-order chi connectivity index (χ0) is 12.2. The van der Waals surface area contributed by atoms with Gasteiger partial charge < -0.3 is 10.4 Å². The second kappa shape index (κ2) is 5.92. The fraction of sp³-hybridized carbons (Fsp3) is 0.917. The van der Waals surface area contributed by atoms with Crippen molar-refractivity contribution >= 4 is 17.7 Å². The summed E-state index contributed by atoms with van der Waals surface area (Å²) in [5.74, 6) is 1.04. The van der Waals surface area contributed by atoms with Gasteiger partial charge in [0.15, 0.2) is 0 Å². The van der Waals surface area contributed by atoms with Crippen LogP contribution in [0.25, 0.3) is 0 Å². The fourth-order valence-electron chi connectivity index (χ4n) is 2.31. The number of amides is 1. The number of nitrogens with one attached hydrogen (secondary N) is 1. The molecule has 0 spiro atoms. The molecule has 0 bridgehead atoms. The van der Waals surface area contributed by atoms with Gasteiger partial charge in [-0.05, 0) is 19.1 Å². The smallest absolute Gasteiger partial charge is 0.223 e. The Bertz CT molecular complexity index is 247. The minimum absolute atomic E-state index is 0.0542. The van der Waals surface area contributed by atoms with E-state index in [9.17, 15) is 9.90 Å². The van der Waals surface area contributed by atoms with E-state index in [4.69, 9.17) is 0 Å². The predicted molar refractivity (Wildman–Crippen MR) is 68.5 cm³/mol. The van der Waals surface area contributed by atoms with Gasteiger partial charge >= 0.3 is 0 Å². The van der Waals surface area contributed by atoms with E-state index < -0.39 is 0 Å². The third kappa shape index (κ3) is 3.14. The van der Waals surface area contributed by atoms with E-state index in [1.807, 2.05) is 13.2 Å². The van der Waals surface area contributed by atoms with Gasteiger partial charge in [-0.25, -0.2) is 0 Å². The summed E-state index contributed by atoms with van der Waals surface area (Å²) < 4.78 is 0. The number of thioether (sulfide) groups is 1. The molecule has 0 aliphatic heterocycles. The van der Waals surface area contributed by atoms with Crippen molar-refractivity contribution in [2.45, 2.75) is 39.2 Å². The van der Waals surface area contributed by atoms with Crippen LogP contribution in [-0.4, -0.2) is 35.7 Å². The molecule has 1 aliphatic carbocycles. The molecule has 0 aromatic heterocycles. The molecule has 3 nitrogen and oxygen atoms in total. The van der Waals surface area contributed by atoms with Crippen LogP contribution >= 0.6 is 11.8 Å². The highest BCUT2D eigenvalue weighted by molar-refractivity contribution is 7.98. The minimum Gasteiger partial charge on any atom is -0.396 e. The molecule has 1 amide bonds. The van der Waals surface area contributed by atoms with Crippen LogP contribution in [0.5, 0.6) is 0 Å². The lowest BCUT2D eigenvalue weighted by molar-refractivity contribution is -0.125. The molecule has 0 aromatic rings. The highest BCUT2D eigenvalue weighted by atomic mass is 32.2. The summed E-state index contributed by atoms with van der Waals surface area (Å²) >= 11 is 1.69. The van der Waals surface area contributed by atoms with Crippen molar-refractivity contribution in [3.63, 3.8) is 0 Å². The van der Waals surface area contributed by atoms with Crippen LogP contribution in [0.15, 0.2) is 0 Å². The van der Waals surface area contributed by atoms with E-state index in [2.05, 4.69) is 12.2 Å². The molecule has 2 N–H and O–H groups in total. The number of rotatable bonds is 5. The van der Waals surface area contributed by atoms with Gasteiger partial charge in [0.25, 0.3) is 0 Å². The molecule has 1 rings (SSSR count). The average molecular weight is 245 g/mol. The van der Waals surface area contributed by atoms with E-state index in [0.29, 0.717) is 0 Å². The third-order valence-corrected chi connectivity index (χ3v) is 4.46. The summed E-state index contributed by atoms with van der Waals surface area (Å²) in [6.45, 7) is 4.18. The third-order valence-electron chi connectivity index (χ3n) is 3.62. The molecule has 1 fully saturated rings. The Morgan fingerprint density at radius 2 is 2.38 bits per heavy atom. The largest absolute Gasteiger partial charge is 0.396 e. The minimum atomic E-state index is -0.116. The van der Waals surface area contributed by atoms with Gasteiger partial charge in [-0.2, -0.15) is 11.8 Å². The first kappa shape index (κ1) is 13.8. The molecule has 1 saturated carbocycles. The molecule has 4 heteroatoms. The van der Waals surface area contributed by atoms with E-state index in [0.717, 1.165) is 25.0 Å². The summed E-state index contributed by atoms with van der Waals surface area (Å²) in [6, 6.07) is 0.148. The first-order chi connectivity index (χ1) is 7.53. The Kier molecular flexibility index (Phi) is 5.12. The molecular weight excluding hydrogens is 222 g/mol. The van der Waals surface area contributed by atoms with E-state index in [1.54, 1.807) is 11.8 Å². The Morgan fingerprint density at radius 3 is 2.94 bits per heavy atom. The van der Waals surface area contributed by atoms with Crippen LogP contribution < -0.4 is 5.32 Å². The maximum atomic E-state index is 11.9. The van der Waals surface area contributed by atoms with Crippen molar-refractivity contribution in [2.75, 3.05) is 18.6 Å². The van der Waals surface area contributed by atoms with Crippen molar-refractivity contribution in [3.8, 4) is 0 Å². The lowest BCUT2D eigenvalue weighted by Gasteiger charge is -2.30. The molecule has 0 heterocycles. The molecule has 0 saturated heterocycles. The molecule has 0 aromatic carbocycles. The van der Waals surface area contributed by atoms with Crippen LogP contribution in [0.4, 0.5) is 0 Å². The second-order valence-corrected chi connectivity index (χ2v) is 6.03. The molecule has 3 atom stereocenters. The molecule has 3 unspecified atom stereocenters. The number of carbonyl (C=O) groups is 1. The average Bonchev–Trinajstić information content (AvgIpc) is 2.61. The standard InChI is InChI=1S/C12H23NO2S/c1-9(7-16-3)11(15)13-10-5-4-6-12(10,2)8-14/h9-10,14H,4-8H2,1-3H3,(H,13,15). The lowest BCUT2D eigenvalue weighted by Crippen LogP contribution is -2.46. The highest BCUT2D eigenvalue weighted by Gasteiger charge is 2.39. The zero-order valence-corrected chi connectivity index (χ0v) is 11.3. The highest BCUT2D eigenvalue weighted by Crippen LogP contribution is 2.37. The van der Waals surface area contributed by atoms with Crippen molar-refractivity contribution in [1.29, 1.82) is 0 Å². The molecule has 94 valence electrons. The van der Waals surface area contributed by atoms with Crippen LogP contribution in [0, 0.1) is 11.3 Å². The molecule has 1 aliphatic rings. The van der Waals surface area contributed by atoms with Gasteiger partial charge in [-0.1, -0.05) is 20.3 Å². The monoisotopic (exact) mass is 245 g/mol. The van der Waals surface area contributed by atoms with E-state index >= 15 is 0 Å². The van der Waals surface area contributed by atoms with Crippen molar-refractivity contribution in [2.24, 2.45) is 11.3 Å². The van der Waals surface area contributed by atoms with Gasteiger partial charge in [-0.15, -0.1) is 0 Å². The summed E-state index contributed by atoms with van der Waals surface area (Å²) in [5.41, 5.74) is -0.116. The maximum absolute atomic E-state index is 11.9. The van der Waals surface area contributed by atoms with Crippen molar-refractivity contribution in [3.05, 3.63) is 0 Å². The van der Waals surface area contributed by atoms with E-state index in [-0.39, 0.29) is 29.9 Å². The topological polar surface area (TPSA) is 49.3 Å². The normalized spacial score (nSPS) is 31.4. The number of aliphatic hydroxyl groups excluding tert-OH is 1. The second-order valence-electron chi connectivity index (χ2n) is 5.12. The fourth-order valence-corrected chi connectivity index (χ4v) is 2.96. The van der Waals surface area contributed by atoms with Crippen molar-refractivity contribution < 1.29 is 9.90 Å². The van der Waals surface area contributed by atoms with Gasteiger partial charge in [0.1, 0.15) is 0 Å². The number of aliphatic hydroxyl groups is 1. The van der Waals surface area contributed by atoms with E-state index in [1.165, 1.54) is 0 Å². The number of hydrogen-bond acceptors (Lipinski definition) is 3. The summed E-state index contributed by atoms with van der Waals surface area (Å²) in [7, 11) is 0. The van der Waals surface area contributed by atoms with Gasteiger partial charge in [-0.3, -0.25) is 4.79 Å². The van der Waals surface area contributed by atoms with Gasteiger partial charge in [0.2, 0.25) is 5.91 Å². The lowest BCUT2D eigenvalue weighted by atomic mass is 9.85. The maximum Gasteiger partial charge on any atom is 0.223 e. The summed E-state index contributed by atoms with van der Waals surface area (Å²) in [6.07, 6.45) is 5.11. The van der Waals surface area contributed by atoms with Gasteiger partial charge in [0, 0.05) is 23.1 Å². The first-order valence-corrected chi connectivity index (χ1v) is 7.33. The quantitative estimate of drug-likeness (QED) is 0.774. The van der Waals surface area contributed by atoms with Crippen LogP contribution in [0.1, 0.15) is 33.1 Å². The van der Waals surface area contributed by atoms with Crippen molar-refractivity contribution in [1.82, 2.24) is 5.32 Å². The van der Waals surface area contributed by atoms with Crippen LogP contribution in [0.3, 0.4) is 0 Å². The van der Waals surface area contributed by atoms with Gasteiger partial charge in [0.05, 0.1) is 6.61 Å². The first-order valence-electron chi connectivity index (χ1n) is 5.93. The predicted octanol–water partition coefficient (Wildman–Crippen LogP) is 1.65.